The van der Waals surface area contributed by atoms with Crippen LogP contribution in [0, 0.1) is 5.92 Å². The molecule has 0 aliphatic carbocycles. The van der Waals surface area contributed by atoms with Gasteiger partial charge in [-0.15, -0.1) is 0 Å². The Morgan fingerprint density at radius 3 is 2.46 bits per heavy atom. The minimum atomic E-state index is -2.19. The number of rotatable bonds is 10. The number of nitrogens with one attached hydrogen (secondary N) is 1. The average molecular weight is 339 g/mol. The lowest BCUT2D eigenvalue weighted by atomic mass is 9.89. The number of benzene rings is 1. The van der Waals surface area contributed by atoms with Crippen molar-refractivity contribution in [3.8, 4) is 0 Å². The van der Waals surface area contributed by atoms with Gasteiger partial charge in [-0.05, 0) is 44.6 Å². The van der Waals surface area contributed by atoms with Crippen molar-refractivity contribution in [2.45, 2.75) is 50.8 Å². The number of aryl methyl sites for hydroxylation is 1. The van der Waals surface area contributed by atoms with E-state index in [0.29, 0.717) is 12.8 Å². The Hall–Kier alpha value is -1.99. The molecule has 0 fully saturated rings. The highest BCUT2D eigenvalue weighted by molar-refractivity contribution is 5.83. The number of halogens is 1. The third-order valence-corrected chi connectivity index (χ3v) is 4.15. The minimum Gasteiger partial charge on any atom is -0.393 e. The Balaban J connectivity index is 2.55. The average Bonchev–Trinajstić information content (AvgIpc) is 2.56. The number of hydrazine groups is 1. The highest BCUT2D eigenvalue weighted by Crippen LogP contribution is 2.24. The van der Waals surface area contributed by atoms with Gasteiger partial charge in [0.15, 0.2) is 5.67 Å². The molecule has 0 aliphatic heterocycles. The molecule has 0 bridgehead atoms. The monoisotopic (exact) mass is 339 g/mol. The van der Waals surface area contributed by atoms with E-state index in [1.165, 1.54) is 0 Å². The van der Waals surface area contributed by atoms with Crippen LogP contribution in [0.2, 0.25) is 0 Å². The standard InChI is InChI=1S/C17H26FN3O3/c1-17(18,16(19)24)10-9-13(15(23)21-20)11-14(22)8-7-12-5-3-2-4-6-12/h2-6,13-14,22H,7-11,20H2,1H3,(H2,19,24)(H,21,23). The van der Waals surface area contributed by atoms with Crippen molar-refractivity contribution in [3.05, 3.63) is 35.9 Å². The SMILES string of the molecule is CC(F)(CCC(CC(O)CCc1ccccc1)C(=O)NN)C(N)=O. The maximum atomic E-state index is 13.9. The lowest BCUT2D eigenvalue weighted by Crippen LogP contribution is -2.40. The van der Waals surface area contributed by atoms with Crippen LogP contribution in [0.1, 0.15) is 38.2 Å². The summed E-state index contributed by atoms with van der Waals surface area (Å²) in [4.78, 5) is 22.8. The molecule has 1 aromatic carbocycles. The van der Waals surface area contributed by atoms with Gasteiger partial charge in [0.25, 0.3) is 5.91 Å². The molecule has 0 aromatic heterocycles. The van der Waals surface area contributed by atoms with Gasteiger partial charge in [0.05, 0.1) is 6.10 Å². The van der Waals surface area contributed by atoms with Gasteiger partial charge in [-0.2, -0.15) is 0 Å². The number of alkyl halides is 1. The fourth-order valence-corrected chi connectivity index (χ4v) is 2.47. The number of aliphatic hydroxyl groups excluding tert-OH is 1. The third-order valence-electron chi connectivity index (χ3n) is 4.15. The molecule has 6 nitrogen and oxygen atoms in total. The van der Waals surface area contributed by atoms with Crippen LogP contribution >= 0.6 is 0 Å². The molecule has 134 valence electrons. The predicted molar refractivity (Wildman–Crippen MR) is 89.1 cm³/mol. The van der Waals surface area contributed by atoms with Crippen molar-refractivity contribution in [3.63, 3.8) is 0 Å². The molecule has 24 heavy (non-hydrogen) atoms. The zero-order valence-corrected chi connectivity index (χ0v) is 13.9. The molecule has 0 saturated heterocycles. The normalized spacial score (nSPS) is 16.0. The van der Waals surface area contributed by atoms with Gasteiger partial charge in [0.1, 0.15) is 0 Å². The van der Waals surface area contributed by atoms with E-state index in [1.54, 1.807) is 0 Å². The molecule has 0 spiro atoms. The van der Waals surface area contributed by atoms with Gasteiger partial charge in [-0.1, -0.05) is 30.3 Å². The lowest BCUT2D eigenvalue weighted by Gasteiger charge is -2.22. The molecule has 0 saturated carbocycles. The van der Waals surface area contributed by atoms with Crippen molar-refractivity contribution in [1.29, 1.82) is 0 Å². The molecule has 1 aromatic rings. The van der Waals surface area contributed by atoms with Gasteiger partial charge in [0, 0.05) is 5.92 Å². The lowest BCUT2D eigenvalue weighted by molar-refractivity contribution is -0.131. The van der Waals surface area contributed by atoms with Crippen molar-refractivity contribution in [1.82, 2.24) is 5.43 Å². The third kappa shape index (κ3) is 6.64. The minimum absolute atomic E-state index is 0.0708. The Morgan fingerprint density at radius 2 is 1.92 bits per heavy atom. The molecule has 7 heteroatoms. The summed E-state index contributed by atoms with van der Waals surface area (Å²) in [6.45, 7) is 1.08. The first-order valence-corrected chi connectivity index (χ1v) is 7.97. The number of primary amides is 1. The molecular weight excluding hydrogens is 313 g/mol. The molecular formula is C17H26FN3O3. The Kier molecular flexibility index (Phi) is 7.81. The van der Waals surface area contributed by atoms with E-state index in [4.69, 9.17) is 11.6 Å². The van der Waals surface area contributed by atoms with E-state index in [1.807, 2.05) is 35.8 Å². The van der Waals surface area contributed by atoms with Crippen molar-refractivity contribution in [2.24, 2.45) is 17.5 Å². The largest absolute Gasteiger partial charge is 0.393 e. The molecule has 0 heterocycles. The molecule has 0 aliphatic rings. The summed E-state index contributed by atoms with van der Waals surface area (Å²) in [5, 5.41) is 10.2. The number of carbonyl (C=O) groups excluding carboxylic acids is 2. The summed E-state index contributed by atoms with van der Waals surface area (Å²) >= 11 is 0. The number of amides is 2. The van der Waals surface area contributed by atoms with Crippen LogP contribution < -0.4 is 17.0 Å². The van der Waals surface area contributed by atoms with Crippen molar-refractivity contribution in [2.75, 3.05) is 0 Å². The van der Waals surface area contributed by atoms with Crippen LogP contribution in [0.15, 0.2) is 30.3 Å². The van der Waals surface area contributed by atoms with Crippen LogP contribution in [-0.4, -0.2) is 28.7 Å². The Labute approximate surface area is 141 Å². The van der Waals surface area contributed by atoms with Crippen LogP contribution in [0.25, 0.3) is 0 Å². The van der Waals surface area contributed by atoms with Gasteiger partial charge in [-0.3, -0.25) is 15.0 Å². The van der Waals surface area contributed by atoms with E-state index in [-0.39, 0.29) is 19.3 Å². The van der Waals surface area contributed by atoms with Crippen LogP contribution in [0.3, 0.4) is 0 Å². The fourth-order valence-electron chi connectivity index (χ4n) is 2.47. The van der Waals surface area contributed by atoms with E-state index in [2.05, 4.69) is 0 Å². The highest BCUT2D eigenvalue weighted by atomic mass is 19.1. The Bertz CT molecular complexity index is 537. The first-order valence-electron chi connectivity index (χ1n) is 7.97. The molecule has 6 N–H and O–H groups in total. The quantitative estimate of drug-likeness (QED) is 0.288. The van der Waals surface area contributed by atoms with Gasteiger partial charge in [0.2, 0.25) is 5.91 Å². The molecule has 0 radical (unpaired) electrons. The zero-order chi connectivity index (χ0) is 18.2. The number of nitrogens with two attached hydrogens (primary N) is 2. The molecule has 3 atom stereocenters. The Morgan fingerprint density at radius 1 is 1.29 bits per heavy atom. The van der Waals surface area contributed by atoms with Crippen molar-refractivity contribution < 1.29 is 19.1 Å². The fraction of sp³-hybridized carbons (Fsp3) is 0.529. The van der Waals surface area contributed by atoms with Gasteiger partial charge >= 0.3 is 0 Å². The van der Waals surface area contributed by atoms with Crippen molar-refractivity contribution >= 4 is 11.8 Å². The summed E-state index contributed by atoms with van der Waals surface area (Å²) in [6.07, 6.45) is 0.423. The van der Waals surface area contributed by atoms with E-state index < -0.39 is 29.5 Å². The van der Waals surface area contributed by atoms with Gasteiger partial charge < -0.3 is 10.8 Å². The maximum absolute atomic E-state index is 13.9. The summed E-state index contributed by atoms with van der Waals surface area (Å²) in [7, 11) is 0. The first kappa shape index (κ1) is 20.1. The predicted octanol–water partition coefficient (Wildman–Crippen LogP) is 0.970. The second-order valence-corrected chi connectivity index (χ2v) is 6.22. The highest BCUT2D eigenvalue weighted by Gasteiger charge is 2.33. The van der Waals surface area contributed by atoms with Gasteiger partial charge in [-0.25, -0.2) is 10.2 Å². The number of hydrogen-bond donors (Lipinski definition) is 4. The second kappa shape index (κ2) is 9.34. The summed E-state index contributed by atoms with van der Waals surface area (Å²) in [6, 6.07) is 9.65. The maximum Gasteiger partial charge on any atom is 0.254 e. The number of hydrogen-bond acceptors (Lipinski definition) is 4. The first-order chi connectivity index (χ1) is 11.3. The zero-order valence-electron chi connectivity index (χ0n) is 13.9. The molecule has 2 amide bonds. The second-order valence-electron chi connectivity index (χ2n) is 6.22. The molecule has 1 rings (SSSR count). The topological polar surface area (TPSA) is 118 Å². The number of aliphatic hydroxyl groups is 1. The van der Waals surface area contributed by atoms with E-state index in [0.717, 1.165) is 12.5 Å². The van der Waals surface area contributed by atoms with Crippen LogP contribution in [-0.2, 0) is 16.0 Å². The molecule has 3 unspecified atom stereocenters. The van der Waals surface area contributed by atoms with E-state index >= 15 is 0 Å². The smallest absolute Gasteiger partial charge is 0.254 e. The van der Waals surface area contributed by atoms with Crippen LogP contribution in [0.5, 0.6) is 0 Å². The summed E-state index contributed by atoms with van der Waals surface area (Å²) in [5.74, 6) is 2.90. The van der Waals surface area contributed by atoms with E-state index in [9.17, 15) is 19.1 Å². The summed E-state index contributed by atoms with van der Waals surface area (Å²) < 4.78 is 13.9. The van der Waals surface area contributed by atoms with Crippen LogP contribution in [0.4, 0.5) is 4.39 Å². The summed E-state index contributed by atoms with van der Waals surface area (Å²) in [5.41, 5.74) is 5.90. The number of carbonyl (C=O) groups is 2.